The normalized spacial score (nSPS) is 12.9. The molecule has 0 bridgehead atoms. The Kier molecular flexibility index (Phi) is 10.1. The van der Waals surface area contributed by atoms with Gasteiger partial charge in [0.05, 0.1) is 0 Å². The van der Waals surface area contributed by atoms with Crippen LogP contribution in [0.3, 0.4) is 0 Å². The topological polar surface area (TPSA) is 74.2 Å². The third-order valence-corrected chi connectivity index (χ3v) is 5.02. The van der Waals surface area contributed by atoms with Gasteiger partial charge in [-0.1, -0.05) is 85.5 Å². The van der Waals surface area contributed by atoms with E-state index >= 15 is 0 Å². The smallest absolute Gasteiger partial charge is 0.465 e. The highest BCUT2D eigenvalue weighted by molar-refractivity contribution is 5.65. The average Bonchev–Trinajstić information content (AvgIpc) is 2.88. The molecule has 0 aromatic heterocycles. The lowest BCUT2D eigenvalue weighted by Gasteiger charge is -2.14. The van der Waals surface area contributed by atoms with Gasteiger partial charge in [0, 0.05) is 12.2 Å². The molecule has 0 saturated carbocycles. The maximum atomic E-state index is 12.0. The van der Waals surface area contributed by atoms with Gasteiger partial charge >= 0.3 is 6.16 Å². The minimum Gasteiger partial charge on any atom is -0.465 e. The Morgan fingerprint density at radius 3 is 1.92 bits per heavy atom. The molecule has 1 N–H and O–H groups in total. The molecule has 0 saturated heterocycles. The van der Waals surface area contributed by atoms with Gasteiger partial charge in [0.2, 0.25) is 6.29 Å². The summed E-state index contributed by atoms with van der Waals surface area (Å²) in [6.07, 6.45) is 6.74. The van der Waals surface area contributed by atoms with Crippen molar-refractivity contribution in [1.82, 2.24) is 0 Å². The van der Waals surface area contributed by atoms with Crippen LogP contribution in [0.5, 0.6) is 11.5 Å². The Labute approximate surface area is 211 Å². The number of aliphatic hydroxyl groups excluding tert-OH is 1. The van der Waals surface area contributed by atoms with Crippen molar-refractivity contribution in [2.24, 2.45) is 0 Å². The molecular weight excluding hydrogens is 456 g/mol. The summed E-state index contributed by atoms with van der Waals surface area (Å²) in [6, 6.07) is 21.5. The fourth-order valence-corrected chi connectivity index (χ4v) is 3.17. The van der Waals surface area contributed by atoms with Crippen LogP contribution in [-0.4, -0.2) is 24.2 Å². The minimum absolute atomic E-state index is 0.283. The summed E-state index contributed by atoms with van der Waals surface area (Å²) in [5, 5.41) is 10.1. The van der Waals surface area contributed by atoms with Crippen molar-refractivity contribution in [2.45, 2.75) is 26.4 Å². The second-order valence-corrected chi connectivity index (χ2v) is 7.69. The Bertz CT molecular complexity index is 1160. The molecule has 0 heterocycles. The molecular formula is C30H30O6. The molecule has 3 aromatic rings. The van der Waals surface area contributed by atoms with Crippen LogP contribution in [0.4, 0.5) is 4.79 Å². The molecule has 186 valence electrons. The first-order valence-corrected chi connectivity index (χ1v) is 11.6. The van der Waals surface area contributed by atoms with E-state index in [0.29, 0.717) is 17.9 Å². The number of carbonyl (C=O) groups is 1. The highest BCUT2D eigenvalue weighted by Gasteiger charge is 2.15. The zero-order valence-corrected chi connectivity index (χ0v) is 20.4. The zero-order valence-electron chi connectivity index (χ0n) is 20.4. The summed E-state index contributed by atoms with van der Waals surface area (Å²) < 4.78 is 21.1. The van der Waals surface area contributed by atoms with Gasteiger partial charge in [0.25, 0.3) is 0 Å². The summed E-state index contributed by atoms with van der Waals surface area (Å²) in [6.45, 7) is 8.07. The van der Waals surface area contributed by atoms with Gasteiger partial charge in [-0.3, -0.25) is 0 Å². The van der Waals surface area contributed by atoms with Crippen molar-refractivity contribution in [3.8, 4) is 11.5 Å². The fourth-order valence-electron chi connectivity index (χ4n) is 3.17. The highest BCUT2D eigenvalue weighted by Crippen LogP contribution is 2.19. The van der Waals surface area contributed by atoms with Crippen LogP contribution in [0.2, 0.25) is 0 Å². The first-order valence-electron chi connectivity index (χ1n) is 11.6. The molecule has 0 spiro atoms. The van der Waals surface area contributed by atoms with E-state index in [1.165, 1.54) is 0 Å². The van der Waals surface area contributed by atoms with Gasteiger partial charge in [-0.25, -0.2) is 4.79 Å². The highest BCUT2D eigenvalue weighted by atomic mass is 16.8. The van der Waals surface area contributed by atoms with Gasteiger partial charge in [0.15, 0.2) is 6.29 Å². The number of hydrogen-bond donors (Lipinski definition) is 1. The van der Waals surface area contributed by atoms with Crippen LogP contribution in [0.15, 0.2) is 91.5 Å². The number of aliphatic hydroxyl groups is 1. The molecule has 0 radical (unpaired) electrons. The van der Waals surface area contributed by atoms with E-state index in [9.17, 15) is 9.90 Å². The largest absolute Gasteiger partial charge is 0.516 e. The first-order chi connectivity index (χ1) is 17.5. The summed E-state index contributed by atoms with van der Waals surface area (Å²) in [5.41, 5.74) is 3.30. The monoisotopic (exact) mass is 486 g/mol. The first kappa shape index (κ1) is 26.5. The predicted molar refractivity (Wildman–Crippen MR) is 141 cm³/mol. The molecule has 3 aromatic carbocycles. The van der Waals surface area contributed by atoms with Crippen LogP contribution in [0, 0.1) is 0 Å². The predicted octanol–water partition coefficient (Wildman–Crippen LogP) is 7.02. The van der Waals surface area contributed by atoms with E-state index in [4.69, 9.17) is 18.9 Å². The van der Waals surface area contributed by atoms with Crippen molar-refractivity contribution < 1.29 is 28.8 Å². The fraction of sp³-hybridized carbons (Fsp3) is 0.167. The summed E-state index contributed by atoms with van der Waals surface area (Å²) in [4.78, 5) is 12.0. The van der Waals surface area contributed by atoms with Crippen molar-refractivity contribution >= 4 is 24.4 Å². The van der Waals surface area contributed by atoms with Crippen LogP contribution in [0.25, 0.3) is 18.2 Å². The zero-order chi connectivity index (χ0) is 25.8. The minimum atomic E-state index is -1.42. The average molecular weight is 487 g/mol. The molecule has 3 rings (SSSR count). The van der Waals surface area contributed by atoms with Crippen LogP contribution in [-0.2, 0) is 9.47 Å². The molecule has 6 nitrogen and oxygen atoms in total. The summed E-state index contributed by atoms with van der Waals surface area (Å²) >= 11 is 0. The maximum Gasteiger partial charge on any atom is 0.516 e. The molecule has 2 unspecified atom stereocenters. The maximum absolute atomic E-state index is 12.0. The van der Waals surface area contributed by atoms with Crippen molar-refractivity contribution in [3.05, 3.63) is 114 Å². The molecule has 36 heavy (non-hydrogen) atoms. The summed E-state index contributed by atoms with van der Waals surface area (Å²) in [7, 11) is 0. The van der Waals surface area contributed by atoms with E-state index in [1.807, 2.05) is 74.5 Å². The van der Waals surface area contributed by atoms with Crippen molar-refractivity contribution in [2.75, 3.05) is 6.61 Å². The lowest BCUT2D eigenvalue weighted by molar-refractivity contribution is -0.0702. The van der Waals surface area contributed by atoms with E-state index in [2.05, 4.69) is 6.58 Å². The number of carbonyl (C=O) groups excluding carboxylic acids is 1. The summed E-state index contributed by atoms with van der Waals surface area (Å²) in [5.74, 6) is 1.06. The molecule has 0 aliphatic rings. The van der Waals surface area contributed by atoms with Gasteiger partial charge in [-0.2, -0.15) is 0 Å². The second-order valence-electron chi connectivity index (χ2n) is 7.69. The number of hydrogen-bond acceptors (Lipinski definition) is 6. The van der Waals surface area contributed by atoms with Crippen molar-refractivity contribution in [1.29, 1.82) is 0 Å². The van der Waals surface area contributed by atoms with E-state index in [0.717, 1.165) is 22.4 Å². The Morgan fingerprint density at radius 1 is 0.861 bits per heavy atom. The Morgan fingerprint density at radius 2 is 1.39 bits per heavy atom. The quantitative estimate of drug-likeness (QED) is 0.136. The third-order valence-electron chi connectivity index (χ3n) is 5.02. The third kappa shape index (κ3) is 8.58. The van der Waals surface area contributed by atoms with Crippen LogP contribution in [0.1, 0.15) is 42.4 Å². The molecule has 0 aliphatic heterocycles. The lowest BCUT2D eigenvalue weighted by atomic mass is 10.1. The molecule has 6 heteroatoms. The Hall–Kier alpha value is -4.13. The molecule has 0 aliphatic carbocycles. The number of rotatable bonds is 11. The van der Waals surface area contributed by atoms with Crippen molar-refractivity contribution in [3.63, 3.8) is 0 Å². The van der Waals surface area contributed by atoms with Gasteiger partial charge < -0.3 is 24.1 Å². The molecule has 0 fully saturated rings. The SMILES string of the molecule is C=Cc1ccc(C(O)OC(=O)Oc2ccc(C=CC=Cc3ccc(OC(C)OCC)cc3)cc2)cc1. The van der Waals surface area contributed by atoms with E-state index < -0.39 is 12.4 Å². The van der Waals surface area contributed by atoms with Gasteiger partial charge in [-0.05, 0) is 54.8 Å². The Balaban J connectivity index is 1.46. The molecule has 0 amide bonds. The standard InChI is InChI=1S/C30H30O6/c1-4-23-10-16-26(17-11-23)29(31)36-30(32)35-28-20-14-25(15-21-28)9-7-6-8-24-12-18-27(19-13-24)34-22(3)33-5-2/h4,6-22,29,31H,1,5H2,2-3H3. The van der Waals surface area contributed by atoms with Gasteiger partial charge in [0.1, 0.15) is 11.5 Å². The van der Waals surface area contributed by atoms with Gasteiger partial charge in [-0.15, -0.1) is 0 Å². The molecule has 2 atom stereocenters. The number of allylic oxidation sites excluding steroid dienone is 2. The van der Waals surface area contributed by atoms with E-state index in [-0.39, 0.29) is 6.29 Å². The van der Waals surface area contributed by atoms with Crippen LogP contribution >= 0.6 is 0 Å². The lowest BCUT2D eigenvalue weighted by Crippen LogP contribution is -2.15. The van der Waals surface area contributed by atoms with E-state index in [1.54, 1.807) is 42.5 Å². The number of ether oxygens (including phenoxy) is 4. The number of benzene rings is 3. The second kappa shape index (κ2) is 13.7. The van der Waals surface area contributed by atoms with Crippen LogP contribution < -0.4 is 9.47 Å².